The lowest BCUT2D eigenvalue weighted by Gasteiger charge is -2.35. The first-order valence-corrected chi connectivity index (χ1v) is 24.1. The molecular formula is C47H64ClN7O9S. The van der Waals surface area contributed by atoms with Gasteiger partial charge in [0.15, 0.2) is 5.13 Å². The first-order chi connectivity index (χ1) is 31.0. The van der Waals surface area contributed by atoms with Crippen molar-refractivity contribution in [3.63, 3.8) is 0 Å². The van der Waals surface area contributed by atoms with E-state index in [2.05, 4.69) is 32.7 Å². The van der Waals surface area contributed by atoms with Gasteiger partial charge in [-0.3, -0.25) is 14.5 Å². The molecule has 3 amide bonds. The number of aromatic nitrogens is 1. The zero-order valence-corrected chi connectivity index (χ0v) is 40.0. The van der Waals surface area contributed by atoms with E-state index in [9.17, 15) is 19.2 Å². The van der Waals surface area contributed by atoms with Crippen LogP contribution in [0, 0.1) is 23.2 Å². The Hall–Kier alpha value is -4.58. The highest BCUT2D eigenvalue weighted by atomic mass is 35.5. The topological polar surface area (TPSA) is 182 Å². The molecule has 3 saturated carbocycles. The summed E-state index contributed by atoms with van der Waals surface area (Å²) in [5.41, 5.74) is -0.0704. The lowest BCUT2D eigenvalue weighted by Crippen LogP contribution is -2.59. The van der Waals surface area contributed by atoms with E-state index >= 15 is 0 Å². The number of rotatable bonds is 17. The number of carbonyl (C=O) groups excluding carboxylic acids is 4. The van der Waals surface area contributed by atoms with Crippen LogP contribution < -0.4 is 26.0 Å². The molecule has 0 spiro atoms. The molecule has 1 aromatic heterocycles. The van der Waals surface area contributed by atoms with Crippen molar-refractivity contribution in [3.8, 4) is 5.75 Å². The number of benzene rings is 1. The molecule has 4 N–H and O–H groups in total. The molecule has 8 rings (SSSR count). The van der Waals surface area contributed by atoms with Crippen molar-refractivity contribution in [2.24, 2.45) is 23.2 Å². The maximum atomic E-state index is 14.9. The molecule has 1 aromatic carbocycles. The summed E-state index contributed by atoms with van der Waals surface area (Å²) < 4.78 is 29.6. The summed E-state index contributed by atoms with van der Waals surface area (Å²) in [6, 6.07) is 1.30. The van der Waals surface area contributed by atoms with Gasteiger partial charge < -0.3 is 49.9 Å². The number of halogens is 1. The van der Waals surface area contributed by atoms with E-state index in [4.69, 9.17) is 40.3 Å². The van der Waals surface area contributed by atoms with E-state index in [1.54, 1.807) is 13.2 Å². The molecule has 354 valence electrons. The van der Waals surface area contributed by atoms with Crippen LogP contribution in [0.25, 0.3) is 5.76 Å². The largest absolute Gasteiger partial charge is 0.491 e. The number of methoxy groups -OCH3 is 2. The van der Waals surface area contributed by atoms with Gasteiger partial charge >= 0.3 is 12.1 Å². The van der Waals surface area contributed by atoms with Gasteiger partial charge in [0, 0.05) is 56.1 Å². The highest BCUT2D eigenvalue weighted by Gasteiger charge is 2.62. The van der Waals surface area contributed by atoms with Crippen LogP contribution in [0.1, 0.15) is 90.4 Å². The van der Waals surface area contributed by atoms with Crippen molar-refractivity contribution < 1.29 is 42.9 Å². The van der Waals surface area contributed by atoms with Gasteiger partial charge in [-0.2, -0.15) is 0 Å². The Bertz CT molecular complexity index is 2170. The number of alkyl carbamates (subject to hydrolysis) is 1. The van der Waals surface area contributed by atoms with E-state index in [-0.39, 0.29) is 37.1 Å². The van der Waals surface area contributed by atoms with Crippen LogP contribution in [0.15, 0.2) is 36.2 Å². The van der Waals surface area contributed by atoms with Gasteiger partial charge in [0.05, 0.1) is 37.2 Å². The number of ether oxygens (including phenoxy) is 5. The van der Waals surface area contributed by atoms with Crippen LogP contribution in [0.3, 0.4) is 0 Å². The molecule has 6 aliphatic rings. The van der Waals surface area contributed by atoms with E-state index in [1.807, 2.05) is 58.2 Å². The average Bonchev–Trinajstić information content (AvgIpc) is 3.74. The number of amides is 3. The van der Waals surface area contributed by atoms with Gasteiger partial charge in [-0.1, -0.05) is 38.4 Å². The Morgan fingerprint density at radius 3 is 2.51 bits per heavy atom. The molecule has 10 atom stereocenters. The third kappa shape index (κ3) is 10.2. The van der Waals surface area contributed by atoms with Crippen LogP contribution in [-0.4, -0.2) is 128 Å². The normalized spacial score (nSPS) is 29.4. The number of nitrogens with one attached hydrogen (secondary N) is 4. The van der Waals surface area contributed by atoms with Gasteiger partial charge in [-0.05, 0) is 81.4 Å². The number of fused-ring (bicyclic) bond motifs is 2. The standard InChI is InChI=1S/C47H64ClN7O9S/c1-9-28-21-47(28,43(58)61-8)53-41(56)35-19-31(23-55(35)42(57)40(46(4,5)6)52-45(59)64-30-17-26-16-27(26)18-30)63-37-20-33(34-24-65-44(51-34)49-25(2)3)50-39-32(37)10-11-36(38(39)48)62-15-14-54-13-12-29(22-54)60-7/h9-11,20,24-31,33,35,40,50H,1,12-19,21-23H2,2-8H3,(H,49,51)(H,52,59)(H,53,56)/t26-,27+,28-,29-,30?,31-,33?,35+,40-,47?/m1/s1. The Morgan fingerprint density at radius 2 is 1.85 bits per heavy atom. The summed E-state index contributed by atoms with van der Waals surface area (Å²) in [7, 11) is 3.01. The van der Waals surface area contributed by atoms with Crippen LogP contribution in [0.5, 0.6) is 5.75 Å². The molecule has 18 heteroatoms. The fraction of sp³-hybridized carbons (Fsp3) is 0.638. The lowest BCUT2D eigenvalue weighted by molar-refractivity contribution is -0.148. The van der Waals surface area contributed by atoms with Crippen molar-refractivity contribution >= 4 is 63.4 Å². The third-order valence-electron chi connectivity index (χ3n) is 13.7. The van der Waals surface area contributed by atoms with Gasteiger partial charge in [0.2, 0.25) is 11.8 Å². The number of hydrogen-bond donors (Lipinski definition) is 4. The van der Waals surface area contributed by atoms with Gasteiger partial charge in [0.25, 0.3) is 0 Å². The SMILES string of the molecule is C=C[C@@H]1CC1(NC(=O)[C@@H]1C[C@@H](OC2=CC(c3csc(NC(C)C)n3)Nc3c2ccc(OCCN2CC[C@@H](OC)C2)c3Cl)CN1C(=O)[C@@H](NC(=O)OC1C[C@@H]2C[C@@H]2C1)C(C)(C)C)C(=O)OC. The van der Waals surface area contributed by atoms with Crippen molar-refractivity contribution in [1.29, 1.82) is 0 Å². The van der Waals surface area contributed by atoms with Crippen molar-refractivity contribution in [2.75, 3.05) is 57.6 Å². The number of esters is 1. The van der Waals surface area contributed by atoms with E-state index < -0.39 is 59.1 Å². The van der Waals surface area contributed by atoms with Crippen molar-refractivity contribution in [2.45, 2.75) is 121 Å². The van der Waals surface area contributed by atoms with Crippen LogP contribution in [0.4, 0.5) is 15.6 Å². The van der Waals surface area contributed by atoms with Gasteiger partial charge in [-0.15, -0.1) is 17.9 Å². The van der Waals surface area contributed by atoms with Crippen molar-refractivity contribution in [1.82, 2.24) is 25.4 Å². The molecule has 65 heavy (non-hydrogen) atoms. The molecule has 3 aliphatic heterocycles. The zero-order chi connectivity index (χ0) is 46.4. The number of likely N-dealkylation sites (tertiary alicyclic amines) is 2. The summed E-state index contributed by atoms with van der Waals surface area (Å²) >= 11 is 8.68. The summed E-state index contributed by atoms with van der Waals surface area (Å²) in [4.78, 5) is 64.5. The van der Waals surface area contributed by atoms with Gasteiger partial charge in [-0.25, -0.2) is 14.6 Å². The maximum Gasteiger partial charge on any atom is 0.408 e. The van der Waals surface area contributed by atoms with Crippen molar-refractivity contribution in [3.05, 3.63) is 52.5 Å². The summed E-state index contributed by atoms with van der Waals surface area (Å²) in [5.74, 6) is 0.260. The number of nitrogens with zero attached hydrogens (tertiary/aromatic N) is 3. The summed E-state index contributed by atoms with van der Waals surface area (Å²) in [6.07, 6.45) is 6.43. The number of carbonyl (C=O) groups is 4. The lowest BCUT2D eigenvalue weighted by atomic mass is 9.85. The van der Waals surface area contributed by atoms with Crippen LogP contribution in [0.2, 0.25) is 5.02 Å². The fourth-order valence-electron chi connectivity index (χ4n) is 9.85. The molecule has 2 saturated heterocycles. The molecule has 3 unspecified atom stereocenters. The molecular weight excluding hydrogens is 874 g/mol. The molecule has 0 bridgehead atoms. The van der Waals surface area contributed by atoms with Crippen LogP contribution >= 0.6 is 22.9 Å². The summed E-state index contributed by atoms with van der Waals surface area (Å²) in [5, 5.41) is 15.9. The minimum atomic E-state index is -1.30. The number of hydrogen-bond acceptors (Lipinski definition) is 14. The second-order valence-corrected chi connectivity index (χ2v) is 21.0. The Morgan fingerprint density at radius 1 is 1.08 bits per heavy atom. The quantitative estimate of drug-likeness (QED) is 0.101. The minimum absolute atomic E-state index is 0.00159. The zero-order valence-electron chi connectivity index (χ0n) is 38.4. The maximum absolute atomic E-state index is 14.9. The molecule has 3 aliphatic carbocycles. The Labute approximate surface area is 390 Å². The van der Waals surface area contributed by atoms with E-state index in [0.29, 0.717) is 52.6 Å². The molecule has 2 aromatic rings. The smallest absolute Gasteiger partial charge is 0.408 e. The second kappa shape index (κ2) is 19.0. The Kier molecular flexibility index (Phi) is 13.7. The highest BCUT2D eigenvalue weighted by Crippen LogP contribution is 2.53. The summed E-state index contributed by atoms with van der Waals surface area (Å²) in [6.45, 7) is 16.4. The molecule has 16 nitrogen and oxygen atoms in total. The van der Waals surface area contributed by atoms with E-state index in [0.717, 1.165) is 49.7 Å². The molecule has 5 fully saturated rings. The molecule has 0 radical (unpaired) electrons. The predicted octanol–water partition coefficient (Wildman–Crippen LogP) is 6.38. The average molecular weight is 939 g/mol. The monoisotopic (exact) mass is 937 g/mol. The fourth-order valence-corrected chi connectivity index (χ4v) is 11.0. The third-order valence-corrected chi connectivity index (χ3v) is 14.8. The van der Waals surface area contributed by atoms with Crippen LogP contribution in [-0.2, 0) is 33.3 Å². The first-order valence-electron chi connectivity index (χ1n) is 22.9. The Balaban J connectivity index is 1.07. The molecule has 4 heterocycles. The number of anilines is 2. The van der Waals surface area contributed by atoms with Gasteiger partial charge in [0.1, 0.15) is 53.0 Å². The highest BCUT2D eigenvalue weighted by molar-refractivity contribution is 7.13. The number of thiazole rings is 1. The second-order valence-electron chi connectivity index (χ2n) is 19.8. The minimum Gasteiger partial charge on any atom is -0.491 e. The van der Waals surface area contributed by atoms with E-state index in [1.165, 1.54) is 29.8 Å². The first kappa shape index (κ1) is 46.9. The predicted molar refractivity (Wildman–Crippen MR) is 248 cm³/mol.